The molecule has 2 aromatic heterocycles. The maximum Gasteiger partial charge on any atom is 0.135 e. The molecule has 0 radical (unpaired) electrons. The molecule has 0 bridgehead atoms. The average Bonchev–Trinajstić information content (AvgIpc) is 2.81. The summed E-state index contributed by atoms with van der Waals surface area (Å²) in [5.41, 5.74) is 14.7. The van der Waals surface area contributed by atoms with Gasteiger partial charge in [0.15, 0.2) is 0 Å². The number of nitrogens with two attached hydrogens (primary N) is 2. The van der Waals surface area contributed by atoms with E-state index in [-0.39, 0.29) is 17.2 Å². The van der Waals surface area contributed by atoms with Gasteiger partial charge in [-0.1, -0.05) is 19.9 Å². The molecule has 0 saturated heterocycles. The first kappa shape index (κ1) is 25.0. The standard InChI is InChI=1S/C26H29F2N5O/c1-5-16(11-20(29)24-18(27)7-6-8-19(24)28)25(30)15(2)21-13-31-14-22(33-21)17-9-10-32-23(12-17)26(3,4)34/h6-15,34H,5,29-30H2,1-4H3/b20-11-,25-16-. The molecule has 0 spiro atoms. The van der Waals surface area contributed by atoms with Crippen molar-refractivity contribution < 1.29 is 13.9 Å². The molecule has 178 valence electrons. The van der Waals surface area contributed by atoms with E-state index in [0.29, 0.717) is 34.8 Å². The molecule has 0 fully saturated rings. The number of halogens is 2. The van der Waals surface area contributed by atoms with Crippen LogP contribution in [0, 0.1) is 11.6 Å². The highest BCUT2D eigenvalue weighted by Gasteiger charge is 2.20. The molecule has 0 saturated carbocycles. The van der Waals surface area contributed by atoms with Crippen LogP contribution in [0.15, 0.2) is 66.3 Å². The summed E-state index contributed by atoms with van der Waals surface area (Å²) in [5, 5.41) is 10.3. The van der Waals surface area contributed by atoms with Crippen molar-refractivity contribution in [3.8, 4) is 11.3 Å². The minimum Gasteiger partial charge on any atom is -0.401 e. The van der Waals surface area contributed by atoms with Gasteiger partial charge in [-0.15, -0.1) is 0 Å². The smallest absolute Gasteiger partial charge is 0.135 e. The Morgan fingerprint density at radius 3 is 2.44 bits per heavy atom. The van der Waals surface area contributed by atoms with Crippen molar-refractivity contribution in [2.75, 3.05) is 0 Å². The Hall–Kier alpha value is -3.65. The van der Waals surface area contributed by atoms with E-state index < -0.39 is 17.2 Å². The predicted octanol–water partition coefficient (Wildman–Crippen LogP) is 4.77. The number of aliphatic hydroxyl groups is 1. The Bertz CT molecular complexity index is 1230. The summed E-state index contributed by atoms with van der Waals surface area (Å²) in [6.45, 7) is 7.08. The molecule has 5 N–H and O–H groups in total. The van der Waals surface area contributed by atoms with Crippen LogP contribution >= 0.6 is 0 Å². The normalized spacial score (nSPS) is 14.0. The Kier molecular flexibility index (Phi) is 7.41. The molecule has 1 aromatic carbocycles. The summed E-state index contributed by atoms with van der Waals surface area (Å²) < 4.78 is 28.3. The highest BCUT2D eigenvalue weighted by molar-refractivity contribution is 5.67. The third-order valence-electron chi connectivity index (χ3n) is 5.58. The van der Waals surface area contributed by atoms with Crippen molar-refractivity contribution in [3.05, 3.63) is 94.9 Å². The molecule has 0 aliphatic rings. The van der Waals surface area contributed by atoms with Gasteiger partial charge in [0.05, 0.1) is 28.8 Å². The van der Waals surface area contributed by atoms with Crippen molar-refractivity contribution in [2.45, 2.75) is 45.6 Å². The van der Waals surface area contributed by atoms with E-state index in [1.807, 2.05) is 13.8 Å². The topological polar surface area (TPSA) is 111 Å². The zero-order valence-corrected chi connectivity index (χ0v) is 19.7. The third-order valence-corrected chi connectivity index (χ3v) is 5.58. The first-order valence-corrected chi connectivity index (χ1v) is 10.9. The van der Waals surface area contributed by atoms with Crippen molar-refractivity contribution in [1.82, 2.24) is 15.0 Å². The third kappa shape index (κ3) is 5.46. The quantitative estimate of drug-likeness (QED) is 0.434. The number of nitrogens with zero attached hydrogens (tertiary/aromatic N) is 3. The van der Waals surface area contributed by atoms with Gasteiger partial charge in [-0.3, -0.25) is 9.97 Å². The fourth-order valence-corrected chi connectivity index (χ4v) is 3.51. The fourth-order valence-electron chi connectivity index (χ4n) is 3.51. The van der Waals surface area contributed by atoms with Gasteiger partial charge in [0, 0.05) is 35.3 Å². The van der Waals surface area contributed by atoms with Crippen LogP contribution in [0.3, 0.4) is 0 Å². The molecule has 34 heavy (non-hydrogen) atoms. The van der Waals surface area contributed by atoms with Gasteiger partial charge in [-0.2, -0.15) is 0 Å². The van der Waals surface area contributed by atoms with Gasteiger partial charge in [0.1, 0.15) is 17.2 Å². The highest BCUT2D eigenvalue weighted by atomic mass is 19.1. The van der Waals surface area contributed by atoms with E-state index in [4.69, 9.17) is 16.5 Å². The van der Waals surface area contributed by atoms with Crippen LogP contribution in [0.5, 0.6) is 0 Å². The monoisotopic (exact) mass is 465 g/mol. The van der Waals surface area contributed by atoms with Crippen molar-refractivity contribution in [3.63, 3.8) is 0 Å². The molecule has 0 aliphatic heterocycles. The molecule has 3 rings (SSSR count). The first-order valence-electron chi connectivity index (χ1n) is 10.9. The minimum absolute atomic E-state index is 0.0432. The largest absolute Gasteiger partial charge is 0.401 e. The zero-order valence-electron chi connectivity index (χ0n) is 19.7. The molecular weight excluding hydrogens is 436 g/mol. The van der Waals surface area contributed by atoms with Crippen LogP contribution in [0.1, 0.15) is 57.0 Å². The zero-order chi connectivity index (χ0) is 25.0. The molecule has 6 nitrogen and oxygen atoms in total. The van der Waals surface area contributed by atoms with Gasteiger partial charge < -0.3 is 16.6 Å². The van der Waals surface area contributed by atoms with Crippen molar-refractivity contribution in [1.29, 1.82) is 0 Å². The molecule has 3 aromatic rings. The van der Waals surface area contributed by atoms with Gasteiger partial charge >= 0.3 is 0 Å². The lowest BCUT2D eigenvalue weighted by Gasteiger charge is -2.18. The van der Waals surface area contributed by atoms with Gasteiger partial charge in [-0.05, 0) is 56.2 Å². The number of hydrogen-bond donors (Lipinski definition) is 3. The lowest BCUT2D eigenvalue weighted by Crippen LogP contribution is -2.17. The van der Waals surface area contributed by atoms with Crippen LogP contribution in [-0.4, -0.2) is 20.1 Å². The van der Waals surface area contributed by atoms with E-state index >= 15 is 0 Å². The summed E-state index contributed by atoms with van der Waals surface area (Å²) in [4.78, 5) is 13.2. The SMILES string of the molecule is CCC(/C=C(\N)c1c(F)cccc1F)=C(/N)C(C)c1cncc(-c2ccnc(C(C)(C)O)c2)n1. The summed E-state index contributed by atoms with van der Waals surface area (Å²) >= 11 is 0. The molecule has 0 amide bonds. The summed E-state index contributed by atoms with van der Waals surface area (Å²) in [6.07, 6.45) is 6.86. The molecule has 0 aliphatic carbocycles. The Morgan fingerprint density at radius 1 is 1.15 bits per heavy atom. The number of pyridine rings is 1. The molecular formula is C26H29F2N5O. The maximum atomic E-state index is 14.1. The number of rotatable bonds is 7. The van der Waals surface area contributed by atoms with Crippen molar-refractivity contribution in [2.24, 2.45) is 11.5 Å². The second-order valence-corrected chi connectivity index (χ2v) is 8.57. The lowest BCUT2D eigenvalue weighted by atomic mass is 9.96. The van der Waals surface area contributed by atoms with Crippen LogP contribution in [0.2, 0.25) is 0 Å². The van der Waals surface area contributed by atoms with Crippen LogP contribution < -0.4 is 11.5 Å². The van der Waals surface area contributed by atoms with Crippen LogP contribution in [0.25, 0.3) is 17.0 Å². The molecule has 1 atom stereocenters. The number of benzene rings is 1. The second kappa shape index (κ2) is 10.1. The number of hydrogen-bond acceptors (Lipinski definition) is 6. The Labute approximate surface area is 198 Å². The van der Waals surface area contributed by atoms with Gasteiger partial charge in [-0.25, -0.2) is 13.8 Å². The average molecular weight is 466 g/mol. The van der Waals surface area contributed by atoms with Crippen molar-refractivity contribution >= 4 is 5.70 Å². The fraction of sp³-hybridized carbons (Fsp3) is 0.269. The predicted molar refractivity (Wildman–Crippen MR) is 129 cm³/mol. The number of aromatic nitrogens is 3. The van der Waals surface area contributed by atoms with Gasteiger partial charge in [0.25, 0.3) is 0 Å². The number of allylic oxidation sites excluding steroid dienone is 3. The van der Waals surface area contributed by atoms with E-state index in [1.165, 1.54) is 12.1 Å². The summed E-state index contributed by atoms with van der Waals surface area (Å²) in [6, 6.07) is 7.15. The Balaban J connectivity index is 1.98. The molecule has 2 heterocycles. The first-order chi connectivity index (χ1) is 16.0. The van der Waals surface area contributed by atoms with Crippen LogP contribution in [0.4, 0.5) is 8.78 Å². The van der Waals surface area contributed by atoms with Crippen LogP contribution in [-0.2, 0) is 5.60 Å². The maximum absolute atomic E-state index is 14.1. The minimum atomic E-state index is -1.10. The van der Waals surface area contributed by atoms with E-state index in [2.05, 4.69) is 9.97 Å². The summed E-state index contributed by atoms with van der Waals surface area (Å²) in [7, 11) is 0. The van der Waals surface area contributed by atoms with E-state index in [1.54, 1.807) is 44.6 Å². The molecule has 1 unspecified atom stereocenters. The Morgan fingerprint density at radius 2 is 1.82 bits per heavy atom. The van der Waals surface area contributed by atoms with E-state index in [0.717, 1.165) is 17.7 Å². The summed E-state index contributed by atoms with van der Waals surface area (Å²) in [5.74, 6) is -1.82. The van der Waals surface area contributed by atoms with Gasteiger partial charge in [0.2, 0.25) is 0 Å². The molecule has 8 heteroatoms. The second-order valence-electron chi connectivity index (χ2n) is 8.57. The van der Waals surface area contributed by atoms with E-state index in [9.17, 15) is 13.9 Å². The lowest BCUT2D eigenvalue weighted by molar-refractivity contribution is 0.0739. The highest BCUT2D eigenvalue weighted by Crippen LogP contribution is 2.28.